The smallest absolute Gasteiger partial charge is 0.355 e. The standard InChI is InChI=1S/C21H18BrN3O4/c1-3-29-21(28)17-16-18(25(23-17)15-10-6-13(22)7-11-15)20(27)24(19(16)26)14-8-4-12(2)5-9-14/h4-11,16,18H,3H2,1-2H3. The molecule has 29 heavy (non-hydrogen) atoms. The second kappa shape index (κ2) is 7.44. The zero-order valence-electron chi connectivity index (χ0n) is 15.8. The van der Waals surface area contributed by atoms with Crippen molar-refractivity contribution in [1.29, 1.82) is 0 Å². The van der Waals surface area contributed by atoms with E-state index in [2.05, 4.69) is 21.0 Å². The van der Waals surface area contributed by atoms with Gasteiger partial charge in [0.25, 0.3) is 5.91 Å². The number of imide groups is 1. The summed E-state index contributed by atoms with van der Waals surface area (Å²) >= 11 is 3.38. The van der Waals surface area contributed by atoms with Gasteiger partial charge in [0.05, 0.1) is 18.0 Å². The van der Waals surface area contributed by atoms with Crippen molar-refractivity contribution in [2.75, 3.05) is 16.5 Å². The molecule has 1 fully saturated rings. The molecule has 2 atom stereocenters. The van der Waals surface area contributed by atoms with E-state index in [4.69, 9.17) is 4.74 Å². The number of hydrazone groups is 1. The Kier molecular flexibility index (Phi) is 4.96. The largest absolute Gasteiger partial charge is 0.461 e. The predicted molar refractivity (Wildman–Crippen MR) is 112 cm³/mol. The highest BCUT2D eigenvalue weighted by Crippen LogP contribution is 2.38. The maximum absolute atomic E-state index is 13.3. The van der Waals surface area contributed by atoms with Crippen LogP contribution in [0, 0.1) is 12.8 Å². The molecule has 2 amide bonds. The van der Waals surface area contributed by atoms with E-state index < -0.39 is 29.7 Å². The Bertz CT molecular complexity index is 1020. The van der Waals surface area contributed by atoms with Gasteiger partial charge in [-0.1, -0.05) is 33.6 Å². The highest BCUT2D eigenvalue weighted by atomic mass is 79.9. The maximum atomic E-state index is 13.3. The second-order valence-electron chi connectivity index (χ2n) is 6.80. The van der Waals surface area contributed by atoms with Gasteiger partial charge in [-0.3, -0.25) is 14.6 Å². The van der Waals surface area contributed by atoms with E-state index in [0.717, 1.165) is 14.9 Å². The minimum atomic E-state index is -1.01. The first-order chi connectivity index (χ1) is 13.9. The molecule has 7 nitrogen and oxygen atoms in total. The molecule has 0 spiro atoms. The van der Waals surface area contributed by atoms with Crippen molar-refractivity contribution in [3.05, 3.63) is 58.6 Å². The van der Waals surface area contributed by atoms with Crippen LogP contribution in [0.1, 0.15) is 12.5 Å². The Labute approximate surface area is 176 Å². The van der Waals surface area contributed by atoms with Gasteiger partial charge in [0.15, 0.2) is 5.71 Å². The second-order valence-corrected chi connectivity index (χ2v) is 7.71. The van der Waals surface area contributed by atoms with Crippen LogP contribution in [0.4, 0.5) is 11.4 Å². The summed E-state index contributed by atoms with van der Waals surface area (Å²) in [5.74, 6) is -2.59. The van der Waals surface area contributed by atoms with Gasteiger partial charge in [-0.05, 0) is 50.2 Å². The number of hydrogen-bond acceptors (Lipinski definition) is 6. The number of amides is 2. The minimum Gasteiger partial charge on any atom is -0.461 e. The molecule has 4 rings (SSSR count). The first kappa shape index (κ1) is 19.3. The molecule has 0 aliphatic carbocycles. The fourth-order valence-electron chi connectivity index (χ4n) is 3.54. The van der Waals surface area contributed by atoms with Crippen LogP contribution in [0.3, 0.4) is 0 Å². The minimum absolute atomic E-state index is 0.0484. The number of hydrogen-bond donors (Lipinski definition) is 0. The molecular weight excluding hydrogens is 438 g/mol. The van der Waals surface area contributed by atoms with Crippen molar-refractivity contribution in [3.63, 3.8) is 0 Å². The summed E-state index contributed by atoms with van der Waals surface area (Å²) in [5, 5.41) is 5.77. The van der Waals surface area contributed by atoms with Crippen LogP contribution < -0.4 is 9.91 Å². The van der Waals surface area contributed by atoms with Crippen LogP contribution in [0.2, 0.25) is 0 Å². The molecule has 2 unspecified atom stereocenters. The van der Waals surface area contributed by atoms with Gasteiger partial charge in [0.2, 0.25) is 5.91 Å². The first-order valence-electron chi connectivity index (χ1n) is 9.17. The molecule has 2 aliphatic rings. The number of ether oxygens (including phenoxy) is 1. The quantitative estimate of drug-likeness (QED) is 0.522. The first-order valence-corrected chi connectivity index (χ1v) is 9.96. The van der Waals surface area contributed by atoms with E-state index in [9.17, 15) is 14.4 Å². The molecule has 0 saturated carbocycles. The van der Waals surface area contributed by atoms with E-state index in [1.807, 2.05) is 19.1 Å². The lowest BCUT2D eigenvalue weighted by atomic mass is 9.98. The molecule has 8 heteroatoms. The normalized spacial score (nSPS) is 20.7. The lowest BCUT2D eigenvalue weighted by Gasteiger charge is -2.22. The van der Waals surface area contributed by atoms with Crippen molar-refractivity contribution in [1.82, 2.24) is 0 Å². The molecule has 1 saturated heterocycles. The predicted octanol–water partition coefficient (Wildman–Crippen LogP) is 3.05. The Morgan fingerprint density at radius 3 is 2.28 bits per heavy atom. The van der Waals surface area contributed by atoms with E-state index in [1.54, 1.807) is 43.3 Å². The summed E-state index contributed by atoms with van der Waals surface area (Å²) in [6.45, 7) is 3.75. The zero-order chi connectivity index (χ0) is 20.7. The number of benzene rings is 2. The summed E-state index contributed by atoms with van der Waals surface area (Å²) in [4.78, 5) is 40.1. The van der Waals surface area contributed by atoms with E-state index in [0.29, 0.717) is 11.4 Å². The average Bonchev–Trinajstić information content (AvgIpc) is 3.21. The van der Waals surface area contributed by atoms with Crippen LogP contribution in [0.15, 0.2) is 58.1 Å². The van der Waals surface area contributed by atoms with Crippen molar-refractivity contribution in [2.24, 2.45) is 11.0 Å². The van der Waals surface area contributed by atoms with Gasteiger partial charge in [0, 0.05) is 4.47 Å². The van der Waals surface area contributed by atoms with Crippen LogP contribution >= 0.6 is 15.9 Å². The Morgan fingerprint density at radius 2 is 1.66 bits per heavy atom. The molecule has 2 aliphatic heterocycles. The third-order valence-electron chi connectivity index (χ3n) is 4.92. The third-order valence-corrected chi connectivity index (χ3v) is 5.45. The summed E-state index contributed by atoms with van der Waals surface area (Å²) in [6.07, 6.45) is 0. The van der Waals surface area contributed by atoms with Crippen LogP contribution in [-0.4, -0.2) is 36.1 Å². The molecule has 0 N–H and O–H groups in total. The molecule has 148 valence electrons. The van der Waals surface area contributed by atoms with Crippen LogP contribution in [0.5, 0.6) is 0 Å². The lowest BCUT2D eigenvalue weighted by Crippen LogP contribution is -2.39. The van der Waals surface area contributed by atoms with E-state index >= 15 is 0 Å². The van der Waals surface area contributed by atoms with Crippen molar-refractivity contribution in [3.8, 4) is 0 Å². The number of aryl methyl sites for hydroxylation is 1. The van der Waals surface area contributed by atoms with Gasteiger partial charge >= 0.3 is 5.97 Å². The maximum Gasteiger partial charge on any atom is 0.355 e. The third kappa shape index (κ3) is 3.23. The van der Waals surface area contributed by atoms with Crippen LogP contribution in [-0.2, 0) is 19.1 Å². The molecule has 2 aromatic carbocycles. The number of carbonyl (C=O) groups excluding carboxylic acids is 3. The number of rotatable bonds is 4. The fourth-order valence-corrected chi connectivity index (χ4v) is 3.81. The number of anilines is 2. The fraction of sp³-hybridized carbons (Fsp3) is 0.238. The molecule has 0 aromatic heterocycles. The zero-order valence-corrected chi connectivity index (χ0v) is 17.4. The topological polar surface area (TPSA) is 79.3 Å². The van der Waals surface area contributed by atoms with Gasteiger partial charge in [0.1, 0.15) is 12.0 Å². The summed E-state index contributed by atoms with van der Waals surface area (Å²) in [5.41, 5.74) is 2.04. The summed E-state index contributed by atoms with van der Waals surface area (Å²) < 4.78 is 5.95. The number of carbonyl (C=O) groups is 3. The summed E-state index contributed by atoms with van der Waals surface area (Å²) in [7, 11) is 0. The SMILES string of the molecule is CCOC(=O)C1=NN(c2ccc(Br)cc2)C2C(=O)N(c3ccc(C)cc3)C(=O)C12. The monoisotopic (exact) mass is 455 g/mol. The van der Waals surface area contributed by atoms with Crippen molar-refractivity contribution in [2.45, 2.75) is 19.9 Å². The van der Waals surface area contributed by atoms with Crippen molar-refractivity contribution < 1.29 is 19.1 Å². The Hall–Kier alpha value is -3.00. The Morgan fingerprint density at radius 1 is 1.03 bits per heavy atom. The van der Waals surface area contributed by atoms with E-state index in [-0.39, 0.29) is 12.3 Å². The van der Waals surface area contributed by atoms with Gasteiger partial charge in [-0.2, -0.15) is 5.10 Å². The molecule has 0 radical (unpaired) electrons. The highest BCUT2D eigenvalue weighted by Gasteiger charge is 2.59. The number of esters is 1. The van der Waals surface area contributed by atoms with Gasteiger partial charge in [-0.15, -0.1) is 0 Å². The molecule has 2 aromatic rings. The van der Waals surface area contributed by atoms with Crippen molar-refractivity contribution >= 4 is 50.8 Å². The number of nitrogens with zero attached hydrogens (tertiary/aromatic N) is 3. The van der Waals surface area contributed by atoms with E-state index in [1.165, 1.54) is 5.01 Å². The molecular formula is C21H18BrN3O4. The highest BCUT2D eigenvalue weighted by molar-refractivity contribution is 9.10. The average molecular weight is 456 g/mol. The summed E-state index contributed by atoms with van der Waals surface area (Å²) in [6, 6.07) is 13.3. The van der Waals surface area contributed by atoms with Gasteiger partial charge in [-0.25, -0.2) is 9.69 Å². The number of fused-ring (bicyclic) bond motifs is 1. The van der Waals surface area contributed by atoms with Gasteiger partial charge < -0.3 is 4.74 Å². The number of halogens is 1. The lowest BCUT2D eigenvalue weighted by molar-refractivity contribution is -0.136. The van der Waals surface area contributed by atoms with Crippen LogP contribution in [0.25, 0.3) is 0 Å². The molecule has 0 bridgehead atoms. The Balaban J connectivity index is 1.78. The molecule has 2 heterocycles.